The smallest absolute Gasteiger partial charge is 0.228 e. The van der Waals surface area contributed by atoms with Crippen LogP contribution in [-0.4, -0.2) is 19.6 Å². The standard InChI is InChI=1S/C12H11FN2O2/c1-17-9-2-3-10(13)11(5-9)15-7-8(6-14)4-12(15)16/h2-3,5,8H,4,7H2,1H3. The number of benzene rings is 1. The average Bonchev–Trinajstić information content (AvgIpc) is 2.71. The van der Waals surface area contributed by atoms with Gasteiger partial charge in [-0.2, -0.15) is 5.26 Å². The van der Waals surface area contributed by atoms with Gasteiger partial charge in [0.2, 0.25) is 5.91 Å². The fourth-order valence-corrected chi connectivity index (χ4v) is 1.85. The van der Waals surface area contributed by atoms with E-state index in [-0.39, 0.29) is 30.5 Å². The number of anilines is 1. The normalized spacial score (nSPS) is 19.2. The number of rotatable bonds is 2. The Morgan fingerprint density at radius 2 is 2.35 bits per heavy atom. The minimum absolute atomic E-state index is 0.146. The maximum absolute atomic E-state index is 13.6. The van der Waals surface area contributed by atoms with E-state index in [1.807, 2.05) is 6.07 Å². The van der Waals surface area contributed by atoms with Gasteiger partial charge in [-0.3, -0.25) is 4.79 Å². The third kappa shape index (κ3) is 2.07. The Kier molecular flexibility index (Phi) is 2.96. The SMILES string of the molecule is COc1ccc(F)c(N2CC(C#N)CC2=O)c1. The van der Waals surface area contributed by atoms with Crippen LogP contribution in [0.15, 0.2) is 18.2 Å². The molecule has 1 aliphatic heterocycles. The van der Waals surface area contributed by atoms with E-state index in [1.54, 1.807) is 0 Å². The summed E-state index contributed by atoms with van der Waals surface area (Å²) in [7, 11) is 1.47. The summed E-state index contributed by atoms with van der Waals surface area (Å²) in [4.78, 5) is 13.0. The van der Waals surface area contributed by atoms with Gasteiger partial charge in [0.05, 0.1) is 24.8 Å². The van der Waals surface area contributed by atoms with Crippen molar-refractivity contribution in [2.75, 3.05) is 18.6 Å². The number of hydrogen-bond donors (Lipinski definition) is 0. The fourth-order valence-electron chi connectivity index (χ4n) is 1.85. The molecule has 1 fully saturated rings. The Bertz CT molecular complexity index is 496. The molecule has 17 heavy (non-hydrogen) atoms. The highest BCUT2D eigenvalue weighted by Crippen LogP contribution is 2.30. The first kappa shape index (κ1) is 11.4. The Morgan fingerprint density at radius 3 is 2.94 bits per heavy atom. The molecule has 1 aromatic rings. The highest BCUT2D eigenvalue weighted by Gasteiger charge is 2.32. The Morgan fingerprint density at radius 1 is 1.59 bits per heavy atom. The number of nitrogens with zero attached hydrogens (tertiary/aromatic N) is 2. The molecule has 1 saturated heterocycles. The van der Waals surface area contributed by atoms with Crippen molar-refractivity contribution in [1.82, 2.24) is 0 Å². The van der Waals surface area contributed by atoms with Gasteiger partial charge >= 0.3 is 0 Å². The third-order valence-corrected chi connectivity index (χ3v) is 2.75. The average molecular weight is 234 g/mol. The van der Waals surface area contributed by atoms with Crippen molar-refractivity contribution in [2.45, 2.75) is 6.42 Å². The molecule has 0 radical (unpaired) electrons. The molecule has 1 unspecified atom stereocenters. The molecule has 5 heteroatoms. The molecule has 1 aliphatic rings. The molecule has 4 nitrogen and oxygen atoms in total. The van der Waals surface area contributed by atoms with Gasteiger partial charge in [0.1, 0.15) is 11.6 Å². The van der Waals surface area contributed by atoms with Crippen molar-refractivity contribution in [3.05, 3.63) is 24.0 Å². The number of amides is 1. The second kappa shape index (κ2) is 4.42. The van der Waals surface area contributed by atoms with Crippen LogP contribution in [0.25, 0.3) is 0 Å². The molecule has 88 valence electrons. The van der Waals surface area contributed by atoms with Gasteiger partial charge < -0.3 is 9.64 Å². The molecule has 0 aromatic heterocycles. The first-order chi connectivity index (χ1) is 8.15. The number of nitriles is 1. The van der Waals surface area contributed by atoms with Crippen LogP contribution in [0.5, 0.6) is 5.75 Å². The summed E-state index contributed by atoms with van der Waals surface area (Å²) in [5, 5.41) is 8.77. The molecular weight excluding hydrogens is 223 g/mol. The maximum atomic E-state index is 13.6. The molecule has 0 N–H and O–H groups in total. The van der Waals surface area contributed by atoms with Crippen LogP contribution in [0, 0.1) is 23.1 Å². The second-order valence-electron chi connectivity index (χ2n) is 3.85. The molecule has 2 rings (SSSR count). The first-order valence-electron chi connectivity index (χ1n) is 5.19. The lowest BCUT2D eigenvalue weighted by atomic mass is 10.1. The van der Waals surface area contributed by atoms with Crippen molar-refractivity contribution >= 4 is 11.6 Å². The van der Waals surface area contributed by atoms with E-state index >= 15 is 0 Å². The van der Waals surface area contributed by atoms with Crippen LogP contribution >= 0.6 is 0 Å². The highest BCUT2D eigenvalue weighted by molar-refractivity contribution is 5.96. The molecule has 0 aliphatic carbocycles. The van der Waals surface area contributed by atoms with Crippen molar-refractivity contribution in [2.24, 2.45) is 5.92 Å². The van der Waals surface area contributed by atoms with Crippen LogP contribution in [0.2, 0.25) is 0 Å². The summed E-state index contributed by atoms with van der Waals surface area (Å²) >= 11 is 0. The van der Waals surface area contributed by atoms with E-state index in [9.17, 15) is 9.18 Å². The molecule has 1 amide bonds. The van der Waals surface area contributed by atoms with E-state index in [0.29, 0.717) is 5.75 Å². The summed E-state index contributed by atoms with van der Waals surface area (Å²) in [5.74, 6) is -0.607. The lowest BCUT2D eigenvalue weighted by Crippen LogP contribution is -2.25. The van der Waals surface area contributed by atoms with Crippen molar-refractivity contribution < 1.29 is 13.9 Å². The predicted molar refractivity (Wildman–Crippen MR) is 59.0 cm³/mol. The molecule has 1 aromatic carbocycles. The van der Waals surface area contributed by atoms with E-state index in [0.717, 1.165) is 0 Å². The molecule has 0 bridgehead atoms. The second-order valence-corrected chi connectivity index (χ2v) is 3.85. The Labute approximate surface area is 98.2 Å². The van der Waals surface area contributed by atoms with Gasteiger partial charge in [-0.25, -0.2) is 4.39 Å². The van der Waals surface area contributed by atoms with Gasteiger partial charge in [-0.1, -0.05) is 0 Å². The number of ether oxygens (including phenoxy) is 1. The van der Waals surface area contributed by atoms with Gasteiger partial charge in [-0.15, -0.1) is 0 Å². The summed E-state index contributed by atoms with van der Waals surface area (Å²) in [6.45, 7) is 0.236. The lowest BCUT2D eigenvalue weighted by molar-refractivity contribution is -0.117. The maximum Gasteiger partial charge on any atom is 0.228 e. The third-order valence-electron chi connectivity index (χ3n) is 2.75. The van der Waals surface area contributed by atoms with E-state index in [2.05, 4.69) is 0 Å². The van der Waals surface area contributed by atoms with Gasteiger partial charge in [0.15, 0.2) is 0 Å². The number of halogens is 1. The highest BCUT2D eigenvalue weighted by atomic mass is 19.1. The van der Waals surface area contributed by atoms with Crippen LogP contribution in [-0.2, 0) is 4.79 Å². The summed E-state index contributed by atoms with van der Waals surface area (Å²) in [6, 6.07) is 6.23. The zero-order valence-electron chi connectivity index (χ0n) is 9.31. The Balaban J connectivity index is 2.34. The van der Waals surface area contributed by atoms with E-state index in [4.69, 9.17) is 10.00 Å². The van der Waals surface area contributed by atoms with E-state index < -0.39 is 5.82 Å². The van der Waals surface area contributed by atoms with E-state index in [1.165, 1.54) is 30.2 Å². The zero-order valence-corrected chi connectivity index (χ0v) is 9.31. The Hall–Kier alpha value is -2.09. The number of methoxy groups -OCH3 is 1. The molecule has 1 heterocycles. The molecule has 1 atom stereocenters. The summed E-state index contributed by atoms with van der Waals surface area (Å²) in [6.07, 6.45) is 0.146. The molecule has 0 spiro atoms. The topological polar surface area (TPSA) is 53.3 Å². The van der Waals surface area contributed by atoms with Gasteiger partial charge in [-0.05, 0) is 12.1 Å². The fraction of sp³-hybridized carbons (Fsp3) is 0.333. The van der Waals surface area contributed by atoms with Gasteiger partial charge in [0.25, 0.3) is 0 Å². The number of carbonyl (C=O) groups excluding carboxylic acids is 1. The number of hydrogen-bond acceptors (Lipinski definition) is 3. The van der Waals surface area contributed by atoms with Crippen LogP contribution in [0.3, 0.4) is 0 Å². The van der Waals surface area contributed by atoms with Crippen molar-refractivity contribution in [1.29, 1.82) is 5.26 Å². The molecule has 0 saturated carbocycles. The predicted octanol–water partition coefficient (Wildman–Crippen LogP) is 1.71. The lowest BCUT2D eigenvalue weighted by Gasteiger charge is -2.17. The van der Waals surface area contributed by atoms with Crippen LogP contribution in [0.1, 0.15) is 6.42 Å². The van der Waals surface area contributed by atoms with Crippen LogP contribution in [0.4, 0.5) is 10.1 Å². The van der Waals surface area contributed by atoms with Crippen molar-refractivity contribution in [3.63, 3.8) is 0 Å². The number of carbonyl (C=O) groups is 1. The minimum atomic E-state index is -0.488. The molecular formula is C12H11FN2O2. The summed E-state index contributed by atoms with van der Waals surface area (Å²) < 4.78 is 18.6. The first-order valence-corrected chi connectivity index (χ1v) is 5.19. The minimum Gasteiger partial charge on any atom is -0.497 e. The summed E-state index contributed by atoms with van der Waals surface area (Å²) in [5.41, 5.74) is 0.173. The van der Waals surface area contributed by atoms with Crippen LogP contribution < -0.4 is 9.64 Å². The quantitative estimate of drug-likeness (QED) is 0.782. The van der Waals surface area contributed by atoms with Gasteiger partial charge in [0, 0.05) is 19.0 Å². The monoisotopic (exact) mass is 234 g/mol. The zero-order chi connectivity index (χ0) is 12.4. The van der Waals surface area contributed by atoms with Crippen molar-refractivity contribution in [3.8, 4) is 11.8 Å². The largest absolute Gasteiger partial charge is 0.497 e.